The Bertz CT molecular complexity index is 1110. The quantitative estimate of drug-likeness (QED) is 0.415. The fourth-order valence-electron chi connectivity index (χ4n) is 3.28. The highest BCUT2D eigenvalue weighted by atomic mass is 31.1. The first-order chi connectivity index (χ1) is 14.4. The van der Waals surface area contributed by atoms with Gasteiger partial charge in [-0.05, 0) is 22.7 Å². The minimum atomic E-state index is -1.08. The number of rotatable bonds is 4. The van der Waals surface area contributed by atoms with Crippen molar-refractivity contribution in [2.24, 2.45) is 0 Å². The molecule has 0 unspecified atom stereocenters. The first kappa shape index (κ1) is 20.4. The molecule has 0 radical (unpaired) electrons. The third-order valence-electron chi connectivity index (χ3n) is 4.88. The smallest absolute Gasteiger partial charge is 0.182 e. The summed E-state index contributed by atoms with van der Waals surface area (Å²) >= 11 is 0. The van der Waals surface area contributed by atoms with E-state index in [4.69, 9.17) is 4.98 Å². The van der Waals surface area contributed by atoms with Crippen LogP contribution in [0.1, 0.15) is 26.5 Å². The first-order valence-corrected chi connectivity index (χ1v) is 11.1. The lowest BCUT2D eigenvalue weighted by atomic mass is 9.93. The zero-order valence-electron chi connectivity index (χ0n) is 17.2. The van der Waals surface area contributed by atoms with Gasteiger partial charge in [-0.2, -0.15) is 0 Å². The van der Waals surface area contributed by atoms with E-state index >= 15 is 0 Å². The van der Waals surface area contributed by atoms with Crippen molar-refractivity contribution in [3.63, 3.8) is 0 Å². The molecule has 5 heteroatoms. The van der Waals surface area contributed by atoms with E-state index in [9.17, 15) is 8.78 Å². The van der Waals surface area contributed by atoms with Crippen LogP contribution in [0.3, 0.4) is 0 Å². The third kappa shape index (κ3) is 3.93. The molecule has 0 aliphatic carbocycles. The van der Waals surface area contributed by atoms with Gasteiger partial charge in [-0.15, -0.1) is 0 Å². The predicted molar refractivity (Wildman–Crippen MR) is 121 cm³/mol. The van der Waals surface area contributed by atoms with E-state index in [1.807, 2.05) is 42.6 Å². The molecule has 0 bridgehead atoms. The lowest BCUT2D eigenvalue weighted by Gasteiger charge is -2.20. The molecular weight excluding hydrogens is 397 g/mol. The van der Waals surface area contributed by atoms with Gasteiger partial charge in [0, 0.05) is 19.5 Å². The van der Waals surface area contributed by atoms with Crippen LogP contribution in [-0.4, -0.2) is 9.55 Å². The summed E-state index contributed by atoms with van der Waals surface area (Å²) < 4.78 is 30.6. The van der Waals surface area contributed by atoms with E-state index < -0.39 is 19.6 Å². The fraction of sp³-hybridized carbons (Fsp3) is 0.160. The molecule has 0 saturated carbocycles. The number of benzene rings is 3. The van der Waals surface area contributed by atoms with Crippen LogP contribution < -0.4 is 16.2 Å². The van der Waals surface area contributed by atoms with Crippen LogP contribution >= 0.6 is 7.92 Å². The molecule has 0 atom stereocenters. The van der Waals surface area contributed by atoms with Crippen LogP contribution in [-0.2, 0) is 5.41 Å². The van der Waals surface area contributed by atoms with Gasteiger partial charge < -0.3 is 0 Å². The average molecular weight is 420 g/mol. The standard InChI is InChI=1S/C25H23F2N2P/c1-25(2,3)22-17-29(21-16-10-15-20(26)23(21)27)24(28-22)30(18-11-6-4-7-12-18)19-13-8-5-9-14-19/h4-17H,1-3H3. The maximum absolute atomic E-state index is 14.8. The van der Waals surface area contributed by atoms with Crippen molar-refractivity contribution in [3.8, 4) is 5.69 Å². The molecule has 2 nitrogen and oxygen atoms in total. The van der Waals surface area contributed by atoms with E-state index in [1.54, 1.807) is 10.6 Å². The molecule has 4 rings (SSSR count). The average Bonchev–Trinajstić information content (AvgIpc) is 3.17. The molecule has 0 aliphatic rings. The minimum absolute atomic E-state index is 0.173. The molecular formula is C25H23F2N2P. The van der Waals surface area contributed by atoms with Crippen molar-refractivity contribution in [2.75, 3.05) is 0 Å². The summed E-state index contributed by atoms with van der Waals surface area (Å²) in [7, 11) is -1.08. The number of imidazole rings is 1. The van der Waals surface area contributed by atoms with Gasteiger partial charge in [-0.3, -0.25) is 4.57 Å². The molecule has 3 aromatic carbocycles. The second-order valence-corrected chi connectivity index (χ2v) is 10.2. The molecule has 0 fully saturated rings. The second-order valence-electron chi connectivity index (χ2n) is 8.13. The molecule has 0 N–H and O–H groups in total. The number of nitrogens with zero attached hydrogens (tertiary/aromatic N) is 2. The van der Waals surface area contributed by atoms with E-state index in [1.165, 1.54) is 6.07 Å². The molecule has 30 heavy (non-hydrogen) atoms. The molecule has 1 heterocycles. The van der Waals surface area contributed by atoms with Gasteiger partial charge in [0.1, 0.15) is 5.57 Å². The zero-order chi connectivity index (χ0) is 21.3. The minimum Gasteiger partial charge on any atom is -0.296 e. The third-order valence-corrected chi connectivity index (χ3v) is 7.22. The number of hydrogen-bond acceptors (Lipinski definition) is 1. The lowest BCUT2D eigenvalue weighted by molar-refractivity contribution is 0.504. The van der Waals surface area contributed by atoms with Crippen LogP contribution in [0.25, 0.3) is 5.69 Å². The van der Waals surface area contributed by atoms with E-state index in [0.717, 1.165) is 27.9 Å². The number of halogens is 2. The van der Waals surface area contributed by atoms with Gasteiger partial charge in [0.15, 0.2) is 11.6 Å². The molecule has 0 saturated heterocycles. The van der Waals surface area contributed by atoms with Gasteiger partial charge in [0.05, 0.1) is 11.4 Å². The molecule has 152 valence electrons. The Morgan fingerprint density at radius 2 is 1.33 bits per heavy atom. The molecule has 1 aromatic heterocycles. The summed E-state index contributed by atoms with van der Waals surface area (Å²) in [4.78, 5) is 4.98. The molecule has 0 aliphatic heterocycles. The number of hydrogen-bond donors (Lipinski definition) is 0. The molecule has 0 spiro atoms. The monoisotopic (exact) mass is 420 g/mol. The summed E-state index contributed by atoms with van der Waals surface area (Å²) in [5.41, 5.74) is 1.49. The summed E-state index contributed by atoms with van der Waals surface area (Å²) in [6, 6.07) is 24.5. The van der Waals surface area contributed by atoms with E-state index in [-0.39, 0.29) is 11.1 Å². The zero-order valence-corrected chi connectivity index (χ0v) is 18.1. The Morgan fingerprint density at radius 1 is 0.767 bits per heavy atom. The number of aromatic nitrogens is 2. The summed E-state index contributed by atoms with van der Waals surface area (Å²) in [5, 5.41) is 2.20. The van der Waals surface area contributed by atoms with Crippen molar-refractivity contribution in [2.45, 2.75) is 26.2 Å². The summed E-state index contributed by atoms with van der Waals surface area (Å²) in [6.45, 7) is 6.20. The Labute approximate surface area is 177 Å². The molecule has 0 amide bonds. The van der Waals surface area contributed by atoms with Crippen molar-refractivity contribution < 1.29 is 8.78 Å². The van der Waals surface area contributed by atoms with Gasteiger partial charge in [-0.25, -0.2) is 13.8 Å². The lowest BCUT2D eigenvalue weighted by Crippen LogP contribution is -2.28. The fourth-order valence-corrected chi connectivity index (χ4v) is 5.57. The topological polar surface area (TPSA) is 17.8 Å². The SMILES string of the molecule is CC(C)(C)c1cn(-c2cccc(F)c2F)c(P(c2ccccc2)c2ccccc2)n1. The normalized spacial score (nSPS) is 11.8. The van der Waals surface area contributed by atoms with Crippen LogP contribution in [0.4, 0.5) is 8.78 Å². The first-order valence-electron chi connectivity index (χ1n) is 9.81. The van der Waals surface area contributed by atoms with Gasteiger partial charge >= 0.3 is 0 Å². The van der Waals surface area contributed by atoms with Gasteiger partial charge in [0.2, 0.25) is 0 Å². The Kier molecular flexibility index (Phi) is 5.53. The maximum atomic E-state index is 14.8. The highest BCUT2D eigenvalue weighted by Crippen LogP contribution is 2.35. The largest absolute Gasteiger partial charge is 0.296 e. The second kappa shape index (κ2) is 8.12. The highest BCUT2D eigenvalue weighted by Gasteiger charge is 2.28. The van der Waals surface area contributed by atoms with E-state index in [2.05, 4.69) is 45.0 Å². The highest BCUT2D eigenvalue weighted by molar-refractivity contribution is 7.79. The van der Waals surface area contributed by atoms with Crippen LogP contribution in [0.15, 0.2) is 85.1 Å². The van der Waals surface area contributed by atoms with Crippen LogP contribution in [0, 0.1) is 11.6 Å². The predicted octanol–water partition coefficient (Wildman–Crippen LogP) is 5.21. The maximum Gasteiger partial charge on any atom is 0.182 e. The van der Waals surface area contributed by atoms with Gasteiger partial charge in [0.25, 0.3) is 0 Å². The Balaban J connectivity index is 2.01. The Hall–Kier alpha value is -2.84. The van der Waals surface area contributed by atoms with E-state index in [0.29, 0.717) is 0 Å². The van der Waals surface area contributed by atoms with Crippen molar-refractivity contribution in [1.82, 2.24) is 9.55 Å². The summed E-state index contributed by atoms with van der Waals surface area (Å²) in [5.74, 6) is -1.74. The summed E-state index contributed by atoms with van der Waals surface area (Å²) in [6.07, 6.45) is 1.84. The van der Waals surface area contributed by atoms with Crippen molar-refractivity contribution >= 4 is 24.1 Å². The Morgan fingerprint density at radius 3 is 1.87 bits per heavy atom. The van der Waals surface area contributed by atoms with Crippen molar-refractivity contribution in [3.05, 3.63) is 102 Å². The van der Waals surface area contributed by atoms with Crippen molar-refractivity contribution in [1.29, 1.82) is 0 Å². The van der Waals surface area contributed by atoms with Gasteiger partial charge in [-0.1, -0.05) is 87.5 Å². The molecule has 4 aromatic rings. The van der Waals surface area contributed by atoms with Crippen LogP contribution in [0.5, 0.6) is 0 Å². The van der Waals surface area contributed by atoms with Crippen LogP contribution in [0.2, 0.25) is 0 Å².